The zero-order chi connectivity index (χ0) is 27.8. The fourth-order valence-electron chi connectivity index (χ4n) is 4.76. The van der Waals surface area contributed by atoms with Crippen molar-refractivity contribution >= 4 is 34.9 Å². The fourth-order valence-corrected chi connectivity index (χ4v) is 4.76. The van der Waals surface area contributed by atoms with Crippen LogP contribution in [0.15, 0.2) is 42.6 Å². The van der Waals surface area contributed by atoms with Gasteiger partial charge in [0.1, 0.15) is 11.7 Å². The van der Waals surface area contributed by atoms with Gasteiger partial charge in [0.05, 0.1) is 11.1 Å². The van der Waals surface area contributed by atoms with Crippen molar-refractivity contribution in [3.8, 4) is 0 Å². The van der Waals surface area contributed by atoms with Gasteiger partial charge in [-0.3, -0.25) is 10.2 Å². The van der Waals surface area contributed by atoms with Crippen molar-refractivity contribution in [3.63, 3.8) is 0 Å². The van der Waals surface area contributed by atoms with Gasteiger partial charge in [0, 0.05) is 31.2 Å². The number of halogens is 3. The maximum Gasteiger partial charge on any atom is 0.471 e. The molecule has 4 rings (SSSR count). The van der Waals surface area contributed by atoms with E-state index < -0.39 is 17.6 Å². The molecule has 2 aromatic carbocycles. The van der Waals surface area contributed by atoms with Crippen LogP contribution >= 0.6 is 0 Å². The molecule has 0 unspecified atom stereocenters. The van der Waals surface area contributed by atoms with Gasteiger partial charge < -0.3 is 20.9 Å². The lowest BCUT2D eigenvalue weighted by molar-refractivity contribution is -0.191. The Labute approximate surface area is 219 Å². The number of alkyl halides is 3. The Morgan fingerprint density at radius 1 is 1.13 bits per heavy atom. The number of nitrogens with zero attached hydrogens (tertiary/aromatic N) is 3. The highest BCUT2D eigenvalue weighted by molar-refractivity contribution is 6.09. The minimum absolute atomic E-state index is 0.0107. The standard InChI is InChI=1S/C27H30F3N7O/c1-15-7-6-8-16(2)21(15)35-22(31)19-14-33-25(36-23(19)32-5)34-18-10-9-17-11-12-37(24(38)27(28,29)30)26(3,4)20(17)13-18/h6-10,13-14H,11-12H2,1-5H3,(H2,31,35)(H2,32,33,34,36). The van der Waals surface area contributed by atoms with E-state index in [9.17, 15) is 18.0 Å². The predicted molar refractivity (Wildman–Crippen MR) is 142 cm³/mol. The molecule has 0 fully saturated rings. The van der Waals surface area contributed by atoms with Gasteiger partial charge in [-0.05, 0) is 68.5 Å². The van der Waals surface area contributed by atoms with Crippen LogP contribution in [0, 0.1) is 19.3 Å². The van der Waals surface area contributed by atoms with Crippen LogP contribution < -0.4 is 16.0 Å². The Morgan fingerprint density at radius 3 is 2.45 bits per heavy atom. The normalized spacial score (nSPS) is 14.5. The lowest BCUT2D eigenvalue weighted by Crippen LogP contribution is -2.54. The van der Waals surface area contributed by atoms with Crippen LogP contribution in [0.25, 0.3) is 0 Å². The predicted octanol–water partition coefficient (Wildman–Crippen LogP) is 5.50. The van der Waals surface area contributed by atoms with E-state index in [-0.39, 0.29) is 18.3 Å². The topological polar surface area (TPSA) is 106 Å². The molecule has 4 N–H and O–H groups in total. The molecule has 1 aliphatic heterocycles. The fraction of sp³-hybridized carbons (Fsp3) is 0.333. The number of rotatable bonds is 5. The van der Waals surface area contributed by atoms with Crippen molar-refractivity contribution in [1.29, 1.82) is 5.41 Å². The average molecular weight is 526 g/mol. The summed E-state index contributed by atoms with van der Waals surface area (Å²) in [7, 11) is 1.69. The molecule has 0 radical (unpaired) electrons. The summed E-state index contributed by atoms with van der Waals surface area (Å²) in [6.45, 7) is 7.13. The van der Waals surface area contributed by atoms with Gasteiger partial charge in [-0.25, -0.2) is 4.98 Å². The van der Waals surface area contributed by atoms with Gasteiger partial charge in [0.15, 0.2) is 0 Å². The molecular formula is C27H30F3N7O. The molecule has 1 aliphatic rings. The number of hydrogen-bond acceptors (Lipinski definition) is 6. The smallest absolute Gasteiger partial charge is 0.372 e. The Balaban J connectivity index is 1.58. The number of hydrogen-bond donors (Lipinski definition) is 4. The van der Waals surface area contributed by atoms with E-state index in [4.69, 9.17) is 5.41 Å². The number of para-hydroxylation sites is 1. The second-order valence-corrected chi connectivity index (χ2v) is 9.73. The molecule has 3 aromatic rings. The maximum atomic E-state index is 13.2. The van der Waals surface area contributed by atoms with Crippen LogP contribution in [-0.4, -0.2) is 46.4 Å². The molecule has 0 spiro atoms. The van der Waals surface area contributed by atoms with Crippen molar-refractivity contribution in [2.45, 2.75) is 45.8 Å². The summed E-state index contributed by atoms with van der Waals surface area (Å²) in [5.41, 5.74) is 4.23. The number of nitrogens with one attached hydrogen (secondary N) is 4. The minimum Gasteiger partial charge on any atom is -0.372 e. The molecule has 11 heteroatoms. The number of amides is 1. The highest BCUT2D eigenvalue weighted by atomic mass is 19.4. The van der Waals surface area contributed by atoms with Crippen molar-refractivity contribution < 1.29 is 18.0 Å². The van der Waals surface area contributed by atoms with Gasteiger partial charge >= 0.3 is 12.1 Å². The monoisotopic (exact) mass is 525 g/mol. The first kappa shape index (κ1) is 26.9. The van der Waals surface area contributed by atoms with Crippen LogP contribution in [0.2, 0.25) is 0 Å². The first-order valence-electron chi connectivity index (χ1n) is 12.1. The van der Waals surface area contributed by atoms with E-state index in [1.165, 1.54) is 6.20 Å². The molecule has 0 bridgehead atoms. The lowest BCUT2D eigenvalue weighted by atomic mass is 9.83. The number of aromatic nitrogens is 2. The number of anilines is 4. The number of benzene rings is 2. The molecule has 2 heterocycles. The molecule has 1 amide bonds. The van der Waals surface area contributed by atoms with Crippen LogP contribution in [0.1, 0.15) is 41.7 Å². The first-order valence-corrected chi connectivity index (χ1v) is 12.1. The number of fused-ring (bicyclic) bond motifs is 1. The third-order valence-electron chi connectivity index (χ3n) is 6.82. The van der Waals surface area contributed by atoms with E-state index in [1.54, 1.807) is 33.0 Å². The molecule has 200 valence electrons. The number of amidine groups is 1. The number of aryl methyl sites for hydroxylation is 2. The Bertz CT molecular complexity index is 1380. The van der Waals surface area contributed by atoms with Crippen LogP contribution in [0.5, 0.6) is 0 Å². The Hall–Kier alpha value is -4.15. The minimum atomic E-state index is -4.94. The summed E-state index contributed by atoms with van der Waals surface area (Å²) >= 11 is 0. The van der Waals surface area contributed by atoms with E-state index in [1.807, 2.05) is 38.1 Å². The second-order valence-electron chi connectivity index (χ2n) is 9.73. The second kappa shape index (κ2) is 9.96. The molecule has 38 heavy (non-hydrogen) atoms. The number of carbonyl (C=O) groups excluding carboxylic acids is 1. The molecule has 1 aromatic heterocycles. The zero-order valence-corrected chi connectivity index (χ0v) is 21.8. The quantitative estimate of drug-likeness (QED) is 0.259. The summed E-state index contributed by atoms with van der Waals surface area (Å²) < 4.78 is 39.6. The van der Waals surface area contributed by atoms with Crippen molar-refractivity contribution in [2.75, 3.05) is 29.5 Å². The summed E-state index contributed by atoms with van der Waals surface area (Å²) in [4.78, 5) is 21.8. The third kappa shape index (κ3) is 5.13. The summed E-state index contributed by atoms with van der Waals surface area (Å²) in [6.07, 6.45) is -3.09. The summed E-state index contributed by atoms with van der Waals surface area (Å²) in [5, 5.41) is 17.8. The Kier molecular flexibility index (Phi) is 7.05. The van der Waals surface area contributed by atoms with Crippen LogP contribution in [-0.2, 0) is 16.8 Å². The van der Waals surface area contributed by atoms with E-state index in [0.717, 1.165) is 27.3 Å². The van der Waals surface area contributed by atoms with E-state index >= 15 is 0 Å². The van der Waals surface area contributed by atoms with Gasteiger partial charge in [-0.1, -0.05) is 24.3 Å². The third-order valence-corrected chi connectivity index (χ3v) is 6.82. The van der Waals surface area contributed by atoms with Crippen LogP contribution in [0.3, 0.4) is 0 Å². The van der Waals surface area contributed by atoms with Gasteiger partial charge in [-0.15, -0.1) is 0 Å². The van der Waals surface area contributed by atoms with Crippen molar-refractivity contribution in [1.82, 2.24) is 14.9 Å². The molecule has 0 saturated heterocycles. The van der Waals surface area contributed by atoms with Crippen molar-refractivity contribution in [2.24, 2.45) is 0 Å². The van der Waals surface area contributed by atoms with Crippen molar-refractivity contribution in [3.05, 3.63) is 70.4 Å². The molecule has 0 atom stereocenters. The lowest BCUT2D eigenvalue weighted by Gasteiger charge is -2.44. The molecule has 8 nitrogen and oxygen atoms in total. The zero-order valence-electron chi connectivity index (χ0n) is 21.8. The first-order chi connectivity index (χ1) is 17.8. The average Bonchev–Trinajstić information content (AvgIpc) is 2.85. The number of carbonyl (C=O) groups is 1. The SMILES string of the molecule is CNc1nc(Nc2ccc3c(c2)C(C)(C)N(C(=O)C(F)(F)F)CC3)ncc1C(=N)Nc1c(C)cccc1C. The van der Waals surface area contributed by atoms with Crippen LogP contribution in [0.4, 0.5) is 36.3 Å². The molecule has 0 saturated carbocycles. The van der Waals surface area contributed by atoms with Gasteiger partial charge in [-0.2, -0.15) is 18.2 Å². The highest BCUT2D eigenvalue weighted by Gasteiger charge is 2.49. The Morgan fingerprint density at radius 2 is 1.82 bits per heavy atom. The maximum absolute atomic E-state index is 13.2. The van der Waals surface area contributed by atoms with Gasteiger partial charge in [0.2, 0.25) is 5.95 Å². The summed E-state index contributed by atoms with van der Waals surface area (Å²) in [5.74, 6) is -1.05. The highest BCUT2D eigenvalue weighted by Crippen LogP contribution is 2.39. The van der Waals surface area contributed by atoms with E-state index in [0.29, 0.717) is 29.1 Å². The molecule has 0 aliphatic carbocycles. The largest absolute Gasteiger partial charge is 0.471 e. The molecular weight excluding hydrogens is 495 g/mol. The van der Waals surface area contributed by atoms with E-state index in [2.05, 4.69) is 25.9 Å². The summed E-state index contributed by atoms with van der Waals surface area (Å²) in [6, 6.07) is 11.2. The van der Waals surface area contributed by atoms with Gasteiger partial charge in [0.25, 0.3) is 0 Å².